The molecule has 0 aromatic heterocycles. The fraction of sp³-hybridized carbons (Fsp3) is 0.154. The van der Waals surface area contributed by atoms with Crippen LogP contribution in [-0.4, -0.2) is 17.5 Å². The van der Waals surface area contributed by atoms with Crippen molar-refractivity contribution in [2.24, 2.45) is 0 Å². The largest absolute Gasteiger partial charge is 0.326 e. The molecule has 1 aromatic carbocycles. The van der Waals surface area contributed by atoms with Gasteiger partial charge in [0.1, 0.15) is 0 Å². The van der Waals surface area contributed by atoms with Crippen LogP contribution in [0.4, 0.5) is 5.69 Å². The van der Waals surface area contributed by atoms with Crippen molar-refractivity contribution < 1.29 is 14.4 Å². The third kappa shape index (κ3) is 2.87. The number of carbonyl (C=O) groups excluding carboxylic acids is 3. The molecule has 4 nitrogen and oxygen atoms in total. The van der Waals surface area contributed by atoms with Crippen molar-refractivity contribution in [3.05, 3.63) is 42.0 Å². The number of Topliss-reactive ketones (excluding diaryl/α,β-unsaturated/α-hetero) is 1. The zero-order chi connectivity index (χ0) is 12.3. The fourth-order valence-corrected chi connectivity index (χ4v) is 1.65. The number of anilines is 1. The Kier molecular flexibility index (Phi) is 3.14. The Bertz CT molecular complexity index is 503. The molecule has 1 aliphatic rings. The Labute approximate surface area is 98.3 Å². The van der Waals surface area contributed by atoms with Gasteiger partial charge in [-0.05, 0) is 18.2 Å². The van der Waals surface area contributed by atoms with Crippen LogP contribution in [0.5, 0.6) is 0 Å². The third-order valence-electron chi connectivity index (χ3n) is 2.44. The standard InChI is InChI=1S/C13H11NO3/c15-11-6-9(12(16)8-11)7-13(17)14-10-4-2-1-3-5-10/h1-6H,7-8H2,(H,14,17). The lowest BCUT2D eigenvalue weighted by atomic mass is 10.1. The molecule has 0 aliphatic heterocycles. The maximum atomic E-state index is 11.6. The SMILES string of the molecule is O=C1C=C(CC(=O)Nc2ccccc2)C(=O)C1. The van der Waals surface area contributed by atoms with Crippen molar-refractivity contribution in [3.63, 3.8) is 0 Å². The van der Waals surface area contributed by atoms with Gasteiger partial charge in [-0.15, -0.1) is 0 Å². The Morgan fingerprint density at radius 2 is 1.88 bits per heavy atom. The molecule has 2 rings (SSSR count). The highest BCUT2D eigenvalue weighted by molar-refractivity contribution is 6.21. The lowest BCUT2D eigenvalue weighted by molar-refractivity contribution is -0.122. The van der Waals surface area contributed by atoms with Crippen LogP contribution < -0.4 is 5.32 Å². The molecule has 0 atom stereocenters. The summed E-state index contributed by atoms with van der Waals surface area (Å²) < 4.78 is 0. The Balaban J connectivity index is 1.97. The molecule has 0 radical (unpaired) electrons. The molecule has 1 aromatic rings. The third-order valence-corrected chi connectivity index (χ3v) is 2.44. The molecular weight excluding hydrogens is 218 g/mol. The summed E-state index contributed by atoms with van der Waals surface area (Å²) in [4.78, 5) is 33.9. The topological polar surface area (TPSA) is 63.2 Å². The van der Waals surface area contributed by atoms with E-state index in [2.05, 4.69) is 5.32 Å². The van der Waals surface area contributed by atoms with Crippen LogP contribution in [0.2, 0.25) is 0 Å². The lowest BCUT2D eigenvalue weighted by Crippen LogP contribution is -2.13. The van der Waals surface area contributed by atoms with Crippen molar-refractivity contribution in [3.8, 4) is 0 Å². The van der Waals surface area contributed by atoms with Crippen LogP contribution in [-0.2, 0) is 14.4 Å². The second kappa shape index (κ2) is 4.74. The van der Waals surface area contributed by atoms with Gasteiger partial charge in [-0.2, -0.15) is 0 Å². The molecule has 4 heteroatoms. The van der Waals surface area contributed by atoms with Crippen molar-refractivity contribution in [2.75, 3.05) is 5.32 Å². The molecule has 1 N–H and O–H groups in total. The molecule has 0 saturated carbocycles. The van der Waals surface area contributed by atoms with Crippen LogP contribution in [0.1, 0.15) is 12.8 Å². The first-order valence-electron chi connectivity index (χ1n) is 5.26. The van der Waals surface area contributed by atoms with Gasteiger partial charge in [-0.25, -0.2) is 0 Å². The average molecular weight is 229 g/mol. The van der Waals surface area contributed by atoms with Gasteiger partial charge >= 0.3 is 0 Å². The predicted octanol–water partition coefficient (Wildman–Crippen LogP) is 1.48. The number of ketones is 2. The Hall–Kier alpha value is -2.23. The zero-order valence-corrected chi connectivity index (χ0v) is 9.10. The molecule has 0 fully saturated rings. The molecule has 1 aliphatic carbocycles. The van der Waals surface area contributed by atoms with Crippen LogP contribution in [0.15, 0.2) is 42.0 Å². The van der Waals surface area contributed by atoms with Crippen molar-refractivity contribution >= 4 is 23.2 Å². The van der Waals surface area contributed by atoms with Gasteiger partial charge < -0.3 is 5.32 Å². The summed E-state index contributed by atoms with van der Waals surface area (Å²) in [5, 5.41) is 2.66. The first-order chi connectivity index (χ1) is 8.15. The normalized spacial score (nSPS) is 14.7. The van der Waals surface area contributed by atoms with Gasteiger partial charge in [-0.1, -0.05) is 18.2 Å². The molecule has 1 amide bonds. The summed E-state index contributed by atoms with van der Waals surface area (Å²) >= 11 is 0. The van der Waals surface area contributed by atoms with E-state index in [9.17, 15) is 14.4 Å². The molecule has 0 unspecified atom stereocenters. The minimum absolute atomic E-state index is 0.0422. The minimum Gasteiger partial charge on any atom is -0.326 e. The molecular formula is C13H11NO3. The number of hydrogen-bond donors (Lipinski definition) is 1. The number of amides is 1. The molecule has 0 saturated heterocycles. The zero-order valence-electron chi connectivity index (χ0n) is 9.10. The highest BCUT2D eigenvalue weighted by atomic mass is 16.2. The Morgan fingerprint density at radius 3 is 2.47 bits per heavy atom. The highest BCUT2D eigenvalue weighted by Crippen LogP contribution is 2.15. The van der Waals surface area contributed by atoms with E-state index in [1.165, 1.54) is 6.08 Å². The van der Waals surface area contributed by atoms with Gasteiger partial charge in [0, 0.05) is 11.3 Å². The molecule has 86 valence electrons. The average Bonchev–Trinajstić information content (AvgIpc) is 2.58. The summed E-state index contributed by atoms with van der Waals surface area (Å²) in [5.41, 5.74) is 0.971. The first-order valence-corrected chi connectivity index (χ1v) is 5.26. The van der Waals surface area contributed by atoms with Gasteiger partial charge in [0.2, 0.25) is 5.91 Å². The fourth-order valence-electron chi connectivity index (χ4n) is 1.65. The number of para-hydroxylation sites is 1. The Morgan fingerprint density at radius 1 is 1.18 bits per heavy atom. The summed E-state index contributed by atoms with van der Waals surface area (Å²) in [6.07, 6.45) is 1.11. The maximum Gasteiger partial charge on any atom is 0.228 e. The summed E-state index contributed by atoms with van der Waals surface area (Å²) in [5.74, 6) is -0.763. The number of carbonyl (C=O) groups is 3. The number of allylic oxidation sites excluding steroid dienone is 1. The highest BCUT2D eigenvalue weighted by Gasteiger charge is 2.23. The molecule has 0 heterocycles. The number of rotatable bonds is 3. The number of hydrogen-bond acceptors (Lipinski definition) is 3. The van der Waals surface area contributed by atoms with E-state index in [1.807, 2.05) is 6.07 Å². The van der Waals surface area contributed by atoms with Gasteiger partial charge in [-0.3, -0.25) is 14.4 Å². The molecule has 0 spiro atoms. The predicted molar refractivity (Wildman–Crippen MR) is 62.4 cm³/mol. The van der Waals surface area contributed by atoms with Crippen LogP contribution in [0.25, 0.3) is 0 Å². The second-order valence-corrected chi connectivity index (χ2v) is 3.83. The van der Waals surface area contributed by atoms with Gasteiger partial charge in [0.25, 0.3) is 0 Å². The van der Waals surface area contributed by atoms with Gasteiger partial charge in [0.15, 0.2) is 11.6 Å². The van der Waals surface area contributed by atoms with E-state index in [1.54, 1.807) is 24.3 Å². The van der Waals surface area contributed by atoms with Crippen LogP contribution in [0, 0.1) is 0 Å². The molecule has 17 heavy (non-hydrogen) atoms. The van der Waals surface area contributed by atoms with Crippen molar-refractivity contribution in [1.29, 1.82) is 0 Å². The summed E-state index contributed by atoms with van der Waals surface area (Å²) in [7, 11) is 0. The number of benzene rings is 1. The van der Waals surface area contributed by atoms with E-state index in [-0.39, 0.29) is 30.3 Å². The smallest absolute Gasteiger partial charge is 0.228 e. The van der Waals surface area contributed by atoms with Crippen molar-refractivity contribution in [1.82, 2.24) is 0 Å². The summed E-state index contributed by atoms with van der Waals surface area (Å²) in [6.45, 7) is 0. The monoisotopic (exact) mass is 229 g/mol. The van der Waals surface area contributed by atoms with E-state index in [0.717, 1.165) is 0 Å². The minimum atomic E-state index is -0.287. The molecule has 0 bridgehead atoms. The van der Waals surface area contributed by atoms with Crippen molar-refractivity contribution in [2.45, 2.75) is 12.8 Å². The second-order valence-electron chi connectivity index (χ2n) is 3.83. The quantitative estimate of drug-likeness (QED) is 0.798. The van der Waals surface area contributed by atoms with E-state index < -0.39 is 0 Å². The summed E-state index contributed by atoms with van der Waals surface area (Å²) in [6, 6.07) is 8.97. The first kappa shape index (κ1) is 11.3. The van der Waals surface area contributed by atoms with E-state index in [4.69, 9.17) is 0 Å². The van der Waals surface area contributed by atoms with E-state index in [0.29, 0.717) is 11.3 Å². The van der Waals surface area contributed by atoms with E-state index >= 15 is 0 Å². The maximum absolute atomic E-state index is 11.6. The van der Waals surface area contributed by atoms with Crippen LogP contribution >= 0.6 is 0 Å². The van der Waals surface area contributed by atoms with Crippen LogP contribution in [0.3, 0.4) is 0 Å². The van der Waals surface area contributed by atoms with Gasteiger partial charge in [0.05, 0.1) is 12.8 Å². The lowest BCUT2D eigenvalue weighted by Gasteiger charge is -2.04. The number of nitrogens with one attached hydrogen (secondary N) is 1.